The van der Waals surface area contributed by atoms with E-state index < -0.39 is 11.6 Å². The predicted octanol–water partition coefficient (Wildman–Crippen LogP) is 2.76. The lowest BCUT2D eigenvalue weighted by Crippen LogP contribution is -2.48. The highest BCUT2D eigenvalue weighted by Gasteiger charge is 2.43. The maximum atomic E-state index is 13.0. The van der Waals surface area contributed by atoms with E-state index in [1.165, 1.54) is 24.2 Å². The number of aromatic carboxylic acids is 1. The van der Waals surface area contributed by atoms with Gasteiger partial charge in [0, 0.05) is 43.0 Å². The molecule has 2 aromatic heterocycles. The summed E-state index contributed by atoms with van der Waals surface area (Å²) in [6, 6.07) is 3.72. The number of hydrogen-bond acceptors (Lipinski definition) is 5. The first kappa shape index (κ1) is 17.9. The quantitative estimate of drug-likeness (QED) is 0.855. The number of carboxylic acid groups (broad SMARTS) is 1. The van der Waals surface area contributed by atoms with Crippen molar-refractivity contribution in [1.29, 1.82) is 0 Å². The number of carbonyl (C=O) groups is 2. The topological polar surface area (TPSA) is 84.7 Å². The number of aromatic nitrogens is 2. The number of likely N-dealkylation sites (tertiary alicyclic amines) is 1. The summed E-state index contributed by atoms with van der Waals surface area (Å²) in [6.45, 7) is 1.78. The second kappa shape index (κ2) is 6.42. The van der Waals surface area contributed by atoms with Gasteiger partial charge in [-0.05, 0) is 43.4 Å². The normalized spacial score (nSPS) is 21.0. The molecule has 2 aromatic rings. The van der Waals surface area contributed by atoms with Gasteiger partial charge in [0.05, 0.1) is 12.2 Å². The van der Waals surface area contributed by atoms with E-state index >= 15 is 0 Å². The third kappa shape index (κ3) is 2.86. The molecule has 28 heavy (non-hydrogen) atoms. The summed E-state index contributed by atoms with van der Waals surface area (Å²) >= 11 is 1.36. The SMILES string of the molecule is Cn1nc(C(=O)N2CCC3(CC2)OCCc2sc(C(=O)O)cc23)cc1C1CC1. The number of hydrogen-bond donors (Lipinski definition) is 1. The van der Waals surface area contributed by atoms with Crippen LogP contribution in [0.4, 0.5) is 0 Å². The monoisotopic (exact) mass is 401 g/mol. The minimum absolute atomic E-state index is 0.0232. The predicted molar refractivity (Wildman–Crippen MR) is 103 cm³/mol. The van der Waals surface area contributed by atoms with Crippen LogP contribution in [0.15, 0.2) is 12.1 Å². The Bertz CT molecular complexity index is 951. The summed E-state index contributed by atoms with van der Waals surface area (Å²) in [6.07, 6.45) is 4.49. The molecule has 1 aliphatic carbocycles. The highest BCUT2D eigenvalue weighted by atomic mass is 32.1. The second-order valence-corrected chi connectivity index (χ2v) is 9.13. The Hall–Kier alpha value is -2.19. The van der Waals surface area contributed by atoms with E-state index in [0.29, 0.717) is 49.0 Å². The zero-order valence-corrected chi connectivity index (χ0v) is 16.6. The lowest BCUT2D eigenvalue weighted by Gasteiger charge is -2.43. The summed E-state index contributed by atoms with van der Waals surface area (Å²) < 4.78 is 8.02. The molecule has 7 nitrogen and oxygen atoms in total. The molecule has 0 radical (unpaired) electrons. The molecule has 3 aliphatic rings. The van der Waals surface area contributed by atoms with Crippen molar-refractivity contribution in [3.05, 3.63) is 38.8 Å². The minimum Gasteiger partial charge on any atom is -0.477 e. The standard InChI is InChI=1S/C20H23N3O4S/c1-22-15(12-2-3-12)11-14(21-22)18(24)23-7-5-20(6-8-23)13-10-17(19(25)26)28-16(13)4-9-27-20/h10-12H,2-9H2,1H3,(H,25,26). The molecule has 2 aliphatic heterocycles. The molecule has 0 atom stereocenters. The lowest BCUT2D eigenvalue weighted by molar-refractivity contribution is -0.0927. The van der Waals surface area contributed by atoms with Gasteiger partial charge in [0.25, 0.3) is 5.91 Å². The van der Waals surface area contributed by atoms with E-state index in [9.17, 15) is 14.7 Å². The number of piperidine rings is 1. The molecule has 2 fully saturated rings. The Kier molecular flexibility index (Phi) is 4.10. The van der Waals surface area contributed by atoms with Crippen molar-refractivity contribution in [1.82, 2.24) is 14.7 Å². The fourth-order valence-electron chi connectivity index (χ4n) is 4.52. The van der Waals surface area contributed by atoms with Gasteiger partial charge < -0.3 is 14.7 Å². The number of aryl methyl sites for hydroxylation is 1. The van der Waals surface area contributed by atoms with Crippen molar-refractivity contribution >= 4 is 23.2 Å². The van der Waals surface area contributed by atoms with Crippen LogP contribution in [0, 0.1) is 0 Å². The van der Waals surface area contributed by atoms with Crippen molar-refractivity contribution in [3.63, 3.8) is 0 Å². The highest BCUT2D eigenvalue weighted by molar-refractivity contribution is 7.14. The van der Waals surface area contributed by atoms with Crippen LogP contribution >= 0.6 is 11.3 Å². The average Bonchev–Trinajstić information content (AvgIpc) is 3.29. The van der Waals surface area contributed by atoms with Gasteiger partial charge in [0.15, 0.2) is 5.69 Å². The van der Waals surface area contributed by atoms with Crippen LogP contribution in [-0.2, 0) is 23.8 Å². The number of thiophene rings is 1. The van der Waals surface area contributed by atoms with Crippen LogP contribution in [0.5, 0.6) is 0 Å². The van der Waals surface area contributed by atoms with Gasteiger partial charge in [0.2, 0.25) is 0 Å². The molecule has 148 valence electrons. The lowest BCUT2D eigenvalue weighted by atomic mass is 9.82. The van der Waals surface area contributed by atoms with Gasteiger partial charge >= 0.3 is 5.97 Å². The van der Waals surface area contributed by atoms with Crippen LogP contribution in [0.3, 0.4) is 0 Å². The molecular weight excluding hydrogens is 378 g/mol. The van der Waals surface area contributed by atoms with E-state index in [0.717, 1.165) is 22.6 Å². The van der Waals surface area contributed by atoms with E-state index in [-0.39, 0.29) is 5.91 Å². The van der Waals surface area contributed by atoms with Crippen molar-refractivity contribution in [3.8, 4) is 0 Å². The van der Waals surface area contributed by atoms with Crippen LogP contribution < -0.4 is 0 Å². The van der Waals surface area contributed by atoms with E-state index in [4.69, 9.17) is 4.74 Å². The summed E-state index contributed by atoms with van der Waals surface area (Å²) in [5.74, 6) is -0.353. The van der Waals surface area contributed by atoms with Crippen molar-refractivity contribution in [2.45, 2.75) is 43.6 Å². The van der Waals surface area contributed by atoms with Crippen LogP contribution in [-0.4, -0.2) is 51.4 Å². The van der Waals surface area contributed by atoms with Gasteiger partial charge in [-0.15, -0.1) is 11.3 Å². The Balaban J connectivity index is 1.33. The molecule has 0 unspecified atom stereocenters. The molecule has 1 N–H and O–H groups in total. The number of carbonyl (C=O) groups excluding carboxylic acids is 1. The summed E-state index contributed by atoms with van der Waals surface area (Å²) in [5, 5.41) is 13.8. The van der Waals surface area contributed by atoms with Gasteiger partial charge in [-0.1, -0.05) is 0 Å². The van der Waals surface area contributed by atoms with E-state index in [1.54, 1.807) is 6.07 Å². The second-order valence-electron chi connectivity index (χ2n) is 7.99. The smallest absolute Gasteiger partial charge is 0.345 e. The number of fused-ring (bicyclic) bond motifs is 2. The number of nitrogens with zero attached hydrogens (tertiary/aromatic N) is 3. The molecular formula is C20H23N3O4S. The number of rotatable bonds is 3. The Labute approximate surface area is 166 Å². The maximum Gasteiger partial charge on any atom is 0.345 e. The third-order valence-corrected chi connectivity index (χ3v) is 7.39. The third-order valence-electron chi connectivity index (χ3n) is 6.21. The highest BCUT2D eigenvalue weighted by Crippen LogP contribution is 2.45. The zero-order valence-electron chi connectivity index (χ0n) is 15.8. The fraction of sp³-hybridized carbons (Fsp3) is 0.550. The van der Waals surface area contributed by atoms with E-state index in [2.05, 4.69) is 5.10 Å². The number of ether oxygens (including phenoxy) is 1. The van der Waals surface area contributed by atoms with E-state index in [1.807, 2.05) is 22.7 Å². The van der Waals surface area contributed by atoms with Crippen molar-refractivity contribution in [2.75, 3.05) is 19.7 Å². The molecule has 1 spiro atoms. The first-order chi connectivity index (χ1) is 13.5. The van der Waals surface area contributed by atoms with Gasteiger partial charge in [-0.25, -0.2) is 4.79 Å². The Morgan fingerprint density at radius 1 is 1.29 bits per heavy atom. The van der Waals surface area contributed by atoms with Crippen molar-refractivity contribution < 1.29 is 19.4 Å². The van der Waals surface area contributed by atoms with Crippen molar-refractivity contribution in [2.24, 2.45) is 7.05 Å². The summed E-state index contributed by atoms with van der Waals surface area (Å²) in [7, 11) is 1.91. The average molecular weight is 401 g/mol. The number of amides is 1. The van der Waals surface area contributed by atoms with Gasteiger partial charge in [-0.3, -0.25) is 9.48 Å². The molecule has 0 aromatic carbocycles. The summed E-state index contributed by atoms with van der Waals surface area (Å²) in [5.41, 5.74) is 2.23. The molecule has 5 rings (SSSR count). The minimum atomic E-state index is -0.885. The molecule has 8 heteroatoms. The number of carboxylic acids is 1. The maximum absolute atomic E-state index is 13.0. The van der Waals surface area contributed by atoms with Crippen LogP contribution in [0.2, 0.25) is 0 Å². The molecule has 1 saturated carbocycles. The Morgan fingerprint density at radius 3 is 2.71 bits per heavy atom. The fourth-order valence-corrected chi connectivity index (χ4v) is 5.59. The molecule has 1 saturated heterocycles. The Morgan fingerprint density at radius 2 is 2.04 bits per heavy atom. The van der Waals surface area contributed by atoms with Crippen LogP contribution in [0.1, 0.15) is 67.9 Å². The molecule has 4 heterocycles. The van der Waals surface area contributed by atoms with Gasteiger partial charge in [-0.2, -0.15) is 5.10 Å². The van der Waals surface area contributed by atoms with Crippen LogP contribution in [0.25, 0.3) is 0 Å². The molecule has 1 amide bonds. The largest absolute Gasteiger partial charge is 0.477 e. The first-order valence-electron chi connectivity index (χ1n) is 9.80. The zero-order chi connectivity index (χ0) is 19.5. The van der Waals surface area contributed by atoms with Gasteiger partial charge in [0.1, 0.15) is 4.88 Å². The summed E-state index contributed by atoms with van der Waals surface area (Å²) in [4.78, 5) is 27.7. The molecule has 0 bridgehead atoms. The first-order valence-corrected chi connectivity index (χ1v) is 10.6.